The molecule has 0 saturated heterocycles. The highest BCUT2D eigenvalue weighted by Crippen LogP contribution is 2.38. The summed E-state index contributed by atoms with van der Waals surface area (Å²) in [5.41, 5.74) is 7.32. The van der Waals surface area contributed by atoms with Gasteiger partial charge in [-0.3, -0.25) is 0 Å². The molecule has 118 valence electrons. The Labute approximate surface area is 145 Å². The topological polar surface area (TPSA) is 26.3 Å². The summed E-state index contributed by atoms with van der Waals surface area (Å²) in [6, 6.07) is 7.89. The van der Waals surface area contributed by atoms with Crippen LogP contribution in [0, 0.1) is 0 Å². The zero-order valence-corrected chi connectivity index (χ0v) is 14.6. The summed E-state index contributed by atoms with van der Waals surface area (Å²) in [4.78, 5) is 12.2. The fourth-order valence-corrected chi connectivity index (χ4v) is 3.30. The molecule has 3 heteroatoms. The van der Waals surface area contributed by atoms with Crippen LogP contribution >= 0.6 is 15.9 Å². The SMILES string of the molecule is C=CCC1=C(C=C=C2CCCC2)C(c2ccc(Br)cc2)OC1=O. The Balaban J connectivity index is 2.01. The molecule has 0 bridgehead atoms. The predicted molar refractivity (Wildman–Crippen MR) is 94.9 cm³/mol. The summed E-state index contributed by atoms with van der Waals surface area (Å²) in [5.74, 6) is -0.248. The Kier molecular flexibility index (Phi) is 5.00. The number of carbonyl (C=O) groups is 1. The maximum absolute atomic E-state index is 12.2. The van der Waals surface area contributed by atoms with Crippen molar-refractivity contribution in [2.24, 2.45) is 0 Å². The molecule has 0 N–H and O–H groups in total. The van der Waals surface area contributed by atoms with Gasteiger partial charge in [-0.25, -0.2) is 4.79 Å². The van der Waals surface area contributed by atoms with E-state index >= 15 is 0 Å². The summed E-state index contributed by atoms with van der Waals surface area (Å²) in [7, 11) is 0. The molecule has 0 amide bonds. The van der Waals surface area contributed by atoms with Crippen molar-refractivity contribution in [2.75, 3.05) is 0 Å². The summed E-state index contributed by atoms with van der Waals surface area (Å²) in [6.07, 6.45) is 8.57. The zero-order valence-electron chi connectivity index (χ0n) is 13.0. The summed E-state index contributed by atoms with van der Waals surface area (Å²) >= 11 is 3.44. The molecule has 1 aliphatic carbocycles. The quantitative estimate of drug-likeness (QED) is 0.393. The van der Waals surface area contributed by atoms with Crippen LogP contribution in [-0.4, -0.2) is 5.97 Å². The average Bonchev–Trinajstić information content (AvgIpc) is 3.16. The molecule has 1 heterocycles. The van der Waals surface area contributed by atoms with Crippen molar-refractivity contribution in [3.8, 4) is 0 Å². The van der Waals surface area contributed by atoms with Crippen molar-refractivity contribution in [1.29, 1.82) is 0 Å². The van der Waals surface area contributed by atoms with Gasteiger partial charge in [0, 0.05) is 15.6 Å². The van der Waals surface area contributed by atoms with Gasteiger partial charge in [-0.1, -0.05) is 34.1 Å². The summed E-state index contributed by atoms with van der Waals surface area (Å²) < 4.78 is 6.63. The van der Waals surface area contributed by atoms with Crippen LogP contribution in [0.4, 0.5) is 0 Å². The van der Waals surface area contributed by atoms with Crippen LogP contribution in [0.25, 0.3) is 0 Å². The van der Waals surface area contributed by atoms with Crippen molar-refractivity contribution in [3.05, 3.63) is 75.5 Å². The maximum atomic E-state index is 12.2. The van der Waals surface area contributed by atoms with Crippen molar-refractivity contribution in [3.63, 3.8) is 0 Å². The van der Waals surface area contributed by atoms with E-state index in [1.165, 1.54) is 18.4 Å². The molecule has 0 radical (unpaired) electrons. The van der Waals surface area contributed by atoms with Crippen molar-refractivity contribution in [2.45, 2.75) is 38.2 Å². The highest BCUT2D eigenvalue weighted by molar-refractivity contribution is 9.10. The van der Waals surface area contributed by atoms with Crippen molar-refractivity contribution < 1.29 is 9.53 Å². The first-order valence-corrected chi connectivity index (χ1v) is 8.73. The standard InChI is InChI=1S/C20H19BrO2/c1-2-5-18-17(13-8-14-6-3-4-7-14)19(23-20(18)22)15-9-11-16(21)12-10-15/h2,9-13,19H,1,3-7H2. The van der Waals surface area contributed by atoms with Gasteiger partial charge in [-0.05, 0) is 61.4 Å². The second kappa shape index (κ2) is 7.16. The molecule has 1 aromatic carbocycles. The number of ether oxygens (including phenoxy) is 1. The minimum Gasteiger partial charge on any atom is -0.449 e. The fourth-order valence-electron chi connectivity index (χ4n) is 3.04. The third-order valence-electron chi connectivity index (χ3n) is 4.26. The van der Waals surface area contributed by atoms with E-state index < -0.39 is 0 Å². The van der Waals surface area contributed by atoms with E-state index in [0.29, 0.717) is 12.0 Å². The molecule has 2 aliphatic rings. The van der Waals surface area contributed by atoms with E-state index in [4.69, 9.17) is 4.74 Å². The van der Waals surface area contributed by atoms with Crippen LogP contribution in [0.3, 0.4) is 0 Å². The van der Waals surface area contributed by atoms with Gasteiger partial charge in [0.1, 0.15) is 0 Å². The number of hydrogen-bond donors (Lipinski definition) is 0. The van der Waals surface area contributed by atoms with Gasteiger partial charge in [0.15, 0.2) is 6.10 Å². The second-order valence-corrected chi connectivity index (χ2v) is 6.78. The number of benzene rings is 1. The number of rotatable bonds is 4. The highest BCUT2D eigenvalue weighted by Gasteiger charge is 2.32. The molecular weight excluding hydrogens is 352 g/mol. The average molecular weight is 371 g/mol. The minimum absolute atomic E-state index is 0.248. The Morgan fingerprint density at radius 3 is 2.61 bits per heavy atom. The van der Waals surface area contributed by atoms with Crippen LogP contribution in [0.2, 0.25) is 0 Å². The molecular formula is C20H19BrO2. The first-order valence-electron chi connectivity index (χ1n) is 7.94. The Morgan fingerprint density at radius 2 is 1.96 bits per heavy atom. The highest BCUT2D eigenvalue weighted by atomic mass is 79.9. The van der Waals surface area contributed by atoms with E-state index in [1.807, 2.05) is 30.3 Å². The second-order valence-electron chi connectivity index (χ2n) is 5.86. The molecule has 0 spiro atoms. The largest absolute Gasteiger partial charge is 0.449 e. The minimum atomic E-state index is -0.347. The lowest BCUT2D eigenvalue weighted by molar-refractivity contribution is -0.140. The van der Waals surface area contributed by atoms with Gasteiger partial charge in [-0.15, -0.1) is 12.3 Å². The zero-order chi connectivity index (χ0) is 16.2. The number of carbonyl (C=O) groups excluding carboxylic acids is 1. The number of cyclic esters (lactones) is 1. The lowest BCUT2D eigenvalue weighted by Gasteiger charge is -2.12. The van der Waals surface area contributed by atoms with E-state index in [2.05, 4.69) is 28.2 Å². The van der Waals surface area contributed by atoms with Gasteiger partial charge < -0.3 is 4.74 Å². The van der Waals surface area contributed by atoms with Crippen molar-refractivity contribution in [1.82, 2.24) is 0 Å². The van der Waals surface area contributed by atoms with E-state index in [1.54, 1.807) is 6.08 Å². The molecule has 3 rings (SSSR count). The third kappa shape index (κ3) is 3.57. The molecule has 1 atom stereocenters. The molecule has 23 heavy (non-hydrogen) atoms. The van der Waals surface area contributed by atoms with E-state index in [-0.39, 0.29) is 12.1 Å². The van der Waals surface area contributed by atoms with Crippen LogP contribution in [0.15, 0.2) is 69.9 Å². The molecule has 1 aromatic rings. The molecule has 1 aliphatic heterocycles. The molecule has 1 saturated carbocycles. The predicted octanol–water partition coefficient (Wildman–Crippen LogP) is 5.58. The van der Waals surface area contributed by atoms with Crippen LogP contribution in [-0.2, 0) is 9.53 Å². The Morgan fingerprint density at radius 1 is 1.26 bits per heavy atom. The van der Waals surface area contributed by atoms with Crippen LogP contribution < -0.4 is 0 Å². The molecule has 2 nitrogen and oxygen atoms in total. The van der Waals surface area contributed by atoms with Gasteiger partial charge in [0.25, 0.3) is 0 Å². The summed E-state index contributed by atoms with van der Waals surface area (Å²) in [5, 5.41) is 0. The maximum Gasteiger partial charge on any atom is 0.335 e. The lowest BCUT2D eigenvalue weighted by Crippen LogP contribution is -2.02. The lowest BCUT2D eigenvalue weighted by atomic mass is 9.97. The molecule has 1 fully saturated rings. The number of allylic oxidation sites excluding steroid dienone is 1. The number of hydrogen-bond acceptors (Lipinski definition) is 2. The first-order chi connectivity index (χ1) is 11.2. The van der Waals surface area contributed by atoms with Gasteiger partial charge in [-0.2, -0.15) is 0 Å². The Hall–Kier alpha value is -1.83. The first kappa shape index (κ1) is 16.0. The van der Waals surface area contributed by atoms with E-state index in [9.17, 15) is 4.79 Å². The van der Waals surface area contributed by atoms with Gasteiger partial charge in [0.05, 0.1) is 0 Å². The normalized spacial score (nSPS) is 20.5. The van der Waals surface area contributed by atoms with Gasteiger partial charge in [0.2, 0.25) is 0 Å². The third-order valence-corrected chi connectivity index (χ3v) is 4.79. The van der Waals surface area contributed by atoms with Crippen molar-refractivity contribution >= 4 is 21.9 Å². The van der Waals surface area contributed by atoms with Gasteiger partial charge >= 0.3 is 5.97 Å². The smallest absolute Gasteiger partial charge is 0.335 e. The number of esters is 1. The molecule has 0 aromatic heterocycles. The fraction of sp³-hybridized carbons (Fsp3) is 0.300. The van der Waals surface area contributed by atoms with Crippen LogP contribution in [0.5, 0.6) is 0 Å². The van der Waals surface area contributed by atoms with E-state index in [0.717, 1.165) is 28.5 Å². The summed E-state index contributed by atoms with van der Waals surface area (Å²) in [6.45, 7) is 3.75. The monoisotopic (exact) mass is 370 g/mol. The molecule has 1 unspecified atom stereocenters. The number of halogens is 1. The Bertz CT molecular complexity index is 711. The van der Waals surface area contributed by atoms with Crippen LogP contribution in [0.1, 0.15) is 43.8 Å².